The van der Waals surface area contributed by atoms with E-state index in [2.05, 4.69) is 0 Å². The van der Waals surface area contributed by atoms with Crippen molar-refractivity contribution in [3.8, 4) is 5.75 Å². The average molecular weight is 290 g/mol. The molecule has 0 atom stereocenters. The van der Waals surface area contributed by atoms with Crippen molar-refractivity contribution in [2.45, 2.75) is 0 Å². The minimum Gasteiger partial charge on any atom is -0.497 e. The summed E-state index contributed by atoms with van der Waals surface area (Å²) in [5.41, 5.74) is 7.81. The standard InChI is InChI=1S/C15H15FN2OS/c1-18(11-4-3-5-12(9-11)19-2)14-7-6-10(16)8-13(14)15(17)20/h3-9H,1-2H3,(H2,17,20). The minimum atomic E-state index is -0.365. The summed E-state index contributed by atoms with van der Waals surface area (Å²) in [6.07, 6.45) is 0. The minimum absolute atomic E-state index is 0.161. The molecule has 0 heterocycles. The Kier molecular flexibility index (Phi) is 4.20. The van der Waals surface area contributed by atoms with E-state index in [0.717, 1.165) is 17.1 Å². The molecule has 5 heteroatoms. The van der Waals surface area contributed by atoms with E-state index in [0.29, 0.717) is 5.56 Å². The summed E-state index contributed by atoms with van der Waals surface area (Å²) < 4.78 is 18.5. The van der Waals surface area contributed by atoms with Gasteiger partial charge >= 0.3 is 0 Å². The average Bonchev–Trinajstić information content (AvgIpc) is 2.46. The number of nitrogens with zero attached hydrogens (tertiary/aromatic N) is 1. The molecule has 0 bridgehead atoms. The van der Waals surface area contributed by atoms with Crippen molar-refractivity contribution in [2.24, 2.45) is 5.73 Å². The van der Waals surface area contributed by atoms with Crippen LogP contribution in [-0.4, -0.2) is 19.1 Å². The maximum Gasteiger partial charge on any atom is 0.124 e. The predicted molar refractivity (Wildman–Crippen MR) is 83.3 cm³/mol. The van der Waals surface area contributed by atoms with E-state index in [4.69, 9.17) is 22.7 Å². The van der Waals surface area contributed by atoms with E-state index < -0.39 is 0 Å². The van der Waals surface area contributed by atoms with Gasteiger partial charge in [-0.05, 0) is 30.3 Å². The monoisotopic (exact) mass is 290 g/mol. The molecule has 0 radical (unpaired) electrons. The Morgan fingerprint density at radius 2 is 2.00 bits per heavy atom. The summed E-state index contributed by atoms with van der Waals surface area (Å²) in [6, 6.07) is 11.9. The molecular weight excluding hydrogens is 275 g/mol. The second-order valence-corrected chi connectivity index (χ2v) is 4.73. The molecule has 0 spiro atoms. The first-order valence-electron chi connectivity index (χ1n) is 6.00. The second-order valence-electron chi connectivity index (χ2n) is 4.29. The lowest BCUT2D eigenvalue weighted by Crippen LogP contribution is -2.18. The van der Waals surface area contributed by atoms with E-state index in [1.54, 1.807) is 13.2 Å². The molecule has 0 amide bonds. The van der Waals surface area contributed by atoms with Crippen LogP contribution in [0.15, 0.2) is 42.5 Å². The Morgan fingerprint density at radius 1 is 1.25 bits per heavy atom. The first kappa shape index (κ1) is 14.3. The molecule has 0 aliphatic rings. The summed E-state index contributed by atoms with van der Waals surface area (Å²) in [5.74, 6) is 0.379. The third-order valence-electron chi connectivity index (χ3n) is 3.03. The maximum atomic E-state index is 13.3. The van der Waals surface area contributed by atoms with Crippen molar-refractivity contribution in [1.29, 1.82) is 0 Å². The lowest BCUT2D eigenvalue weighted by molar-refractivity contribution is 0.415. The smallest absolute Gasteiger partial charge is 0.124 e. The number of hydrogen-bond acceptors (Lipinski definition) is 3. The van der Waals surface area contributed by atoms with E-state index in [-0.39, 0.29) is 10.8 Å². The Morgan fingerprint density at radius 3 is 2.65 bits per heavy atom. The number of ether oxygens (including phenoxy) is 1. The molecule has 0 saturated heterocycles. The van der Waals surface area contributed by atoms with E-state index >= 15 is 0 Å². The van der Waals surface area contributed by atoms with Crippen LogP contribution < -0.4 is 15.4 Å². The lowest BCUT2D eigenvalue weighted by Gasteiger charge is -2.22. The van der Waals surface area contributed by atoms with Crippen molar-refractivity contribution < 1.29 is 9.13 Å². The van der Waals surface area contributed by atoms with E-state index in [1.165, 1.54) is 12.1 Å². The van der Waals surface area contributed by atoms with Crippen molar-refractivity contribution in [1.82, 2.24) is 0 Å². The number of nitrogens with two attached hydrogens (primary N) is 1. The van der Waals surface area contributed by atoms with Gasteiger partial charge in [0.15, 0.2) is 0 Å². The van der Waals surface area contributed by atoms with Crippen LogP contribution in [0.3, 0.4) is 0 Å². The van der Waals surface area contributed by atoms with Crippen LogP contribution in [0.5, 0.6) is 5.75 Å². The highest BCUT2D eigenvalue weighted by atomic mass is 32.1. The quantitative estimate of drug-likeness (QED) is 0.877. The molecule has 2 aromatic carbocycles. The summed E-state index contributed by atoms with van der Waals surface area (Å²) in [5, 5.41) is 0. The Bertz CT molecular complexity index is 646. The number of anilines is 2. The van der Waals surface area contributed by atoms with Gasteiger partial charge in [-0.2, -0.15) is 0 Å². The fourth-order valence-electron chi connectivity index (χ4n) is 1.96. The molecule has 2 rings (SSSR count). The number of benzene rings is 2. The predicted octanol–water partition coefficient (Wildman–Crippen LogP) is 3.24. The fourth-order valence-corrected chi connectivity index (χ4v) is 2.12. The van der Waals surface area contributed by atoms with Gasteiger partial charge in [0.2, 0.25) is 0 Å². The van der Waals surface area contributed by atoms with Crippen molar-refractivity contribution >= 4 is 28.6 Å². The van der Waals surface area contributed by atoms with Crippen LogP contribution in [0.2, 0.25) is 0 Å². The van der Waals surface area contributed by atoms with Crippen LogP contribution in [0, 0.1) is 5.82 Å². The Hall–Kier alpha value is -2.14. The maximum absolute atomic E-state index is 13.3. The van der Waals surface area contributed by atoms with Gasteiger partial charge in [-0.3, -0.25) is 0 Å². The highest BCUT2D eigenvalue weighted by Gasteiger charge is 2.12. The SMILES string of the molecule is COc1cccc(N(C)c2ccc(F)cc2C(N)=S)c1. The normalized spacial score (nSPS) is 10.2. The van der Waals surface area contributed by atoms with E-state index in [9.17, 15) is 4.39 Å². The van der Waals surface area contributed by atoms with Crippen LogP contribution >= 0.6 is 12.2 Å². The summed E-state index contributed by atoms with van der Waals surface area (Å²) in [4.78, 5) is 2.05. The highest BCUT2D eigenvalue weighted by molar-refractivity contribution is 7.80. The van der Waals surface area contributed by atoms with Crippen LogP contribution in [0.1, 0.15) is 5.56 Å². The third kappa shape index (κ3) is 2.88. The highest BCUT2D eigenvalue weighted by Crippen LogP contribution is 2.29. The molecule has 0 aliphatic heterocycles. The number of halogens is 1. The zero-order valence-corrected chi connectivity index (χ0v) is 12.1. The van der Waals surface area contributed by atoms with Gasteiger partial charge < -0.3 is 15.4 Å². The van der Waals surface area contributed by atoms with Crippen LogP contribution in [0.25, 0.3) is 0 Å². The van der Waals surface area contributed by atoms with Crippen LogP contribution in [0.4, 0.5) is 15.8 Å². The molecule has 0 saturated carbocycles. The topological polar surface area (TPSA) is 38.5 Å². The summed E-state index contributed by atoms with van der Waals surface area (Å²) in [7, 11) is 3.47. The van der Waals surface area contributed by atoms with Gasteiger partial charge in [0.25, 0.3) is 0 Å². The van der Waals surface area contributed by atoms with Gasteiger partial charge in [-0.15, -0.1) is 0 Å². The third-order valence-corrected chi connectivity index (χ3v) is 3.25. The number of methoxy groups -OCH3 is 1. The van der Waals surface area contributed by atoms with Gasteiger partial charge in [0, 0.05) is 24.4 Å². The molecule has 20 heavy (non-hydrogen) atoms. The van der Waals surface area contributed by atoms with Crippen molar-refractivity contribution in [2.75, 3.05) is 19.1 Å². The Labute approximate surface area is 122 Å². The van der Waals surface area contributed by atoms with E-state index in [1.807, 2.05) is 36.2 Å². The molecule has 104 valence electrons. The second kappa shape index (κ2) is 5.88. The van der Waals surface area contributed by atoms with Gasteiger partial charge in [-0.25, -0.2) is 4.39 Å². The zero-order chi connectivity index (χ0) is 14.7. The molecule has 0 aromatic heterocycles. The first-order chi connectivity index (χ1) is 9.52. The number of rotatable bonds is 4. The molecule has 3 nitrogen and oxygen atoms in total. The summed E-state index contributed by atoms with van der Waals surface area (Å²) in [6.45, 7) is 0. The molecular formula is C15H15FN2OS. The lowest BCUT2D eigenvalue weighted by atomic mass is 10.1. The van der Waals surface area contributed by atoms with Gasteiger partial charge in [-0.1, -0.05) is 18.3 Å². The summed E-state index contributed by atoms with van der Waals surface area (Å²) >= 11 is 4.99. The van der Waals surface area contributed by atoms with Crippen molar-refractivity contribution in [3.63, 3.8) is 0 Å². The zero-order valence-electron chi connectivity index (χ0n) is 11.3. The van der Waals surface area contributed by atoms with Crippen molar-refractivity contribution in [3.05, 3.63) is 53.8 Å². The van der Waals surface area contributed by atoms with Gasteiger partial charge in [0.1, 0.15) is 16.6 Å². The first-order valence-corrected chi connectivity index (χ1v) is 6.41. The molecule has 2 N–H and O–H groups in total. The number of hydrogen-bond donors (Lipinski definition) is 1. The van der Waals surface area contributed by atoms with Crippen LogP contribution in [-0.2, 0) is 0 Å². The largest absolute Gasteiger partial charge is 0.497 e. The molecule has 2 aromatic rings. The fraction of sp³-hybridized carbons (Fsp3) is 0.133. The molecule has 0 unspecified atom stereocenters. The van der Waals surface area contributed by atoms with Gasteiger partial charge in [0.05, 0.1) is 12.8 Å². The Balaban J connectivity index is 2.47. The molecule has 0 aliphatic carbocycles. The number of thiocarbonyl (C=S) groups is 1. The molecule has 0 fully saturated rings.